The van der Waals surface area contributed by atoms with Gasteiger partial charge in [0.2, 0.25) is 0 Å². The van der Waals surface area contributed by atoms with Crippen molar-refractivity contribution < 1.29 is 14.2 Å². The van der Waals surface area contributed by atoms with E-state index in [-0.39, 0.29) is 11.9 Å². The zero-order chi connectivity index (χ0) is 16.3. The molecule has 122 valence electrons. The molecule has 1 aliphatic heterocycles. The van der Waals surface area contributed by atoms with Gasteiger partial charge in [0.15, 0.2) is 0 Å². The van der Waals surface area contributed by atoms with Crippen LogP contribution in [0.3, 0.4) is 0 Å². The minimum absolute atomic E-state index is 0.345. The molecule has 1 fully saturated rings. The Morgan fingerprint density at radius 1 is 1.43 bits per heavy atom. The van der Waals surface area contributed by atoms with Crippen LogP contribution in [-0.4, -0.2) is 44.8 Å². The molecule has 0 spiro atoms. The fourth-order valence-corrected chi connectivity index (χ4v) is 2.91. The highest BCUT2D eigenvalue weighted by atomic mass is 19.1. The van der Waals surface area contributed by atoms with Gasteiger partial charge < -0.3 is 9.84 Å². The summed E-state index contributed by atoms with van der Waals surface area (Å²) >= 11 is 0. The monoisotopic (exact) mass is 317 g/mol. The fourth-order valence-electron chi connectivity index (χ4n) is 2.91. The van der Waals surface area contributed by atoms with Crippen LogP contribution in [0.2, 0.25) is 0 Å². The fraction of sp³-hybridized carbons (Fsp3) is 0.412. The van der Waals surface area contributed by atoms with Crippen molar-refractivity contribution in [3.63, 3.8) is 0 Å². The van der Waals surface area contributed by atoms with Gasteiger partial charge in [-0.1, -0.05) is 6.07 Å². The lowest BCUT2D eigenvalue weighted by Crippen LogP contribution is -2.56. The van der Waals surface area contributed by atoms with Gasteiger partial charge in [0, 0.05) is 44.3 Å². The minimum atomic E-state index is -1.02. The molecule has 0 bridgehead atoms. The Morgan fingerprint density at radius 2 is 2.30 bits per heavy atom. The van der Waals surface area contributed by atoms with Crippen molar-refractivity contribution >= 4 is 0 Å². The Morgan fingerprint density at radius 3 is 3.00 bits per heavy atom. The van der Waals surface area contributed by atoms with E-state index in [0.29, 0.717) is 25.3 Å². The maximum atomic E-state index is 13.3. The molecule has 0 unspecified atom stereocenters. The standard InChI is InChI=1S/C17H20FN3O2/c1-17(22)12-21(11-14-10-19-6-7-20-14)8-5-16(17)23-15-4-2-3-13(18)9-15/h2-4,6-7,9-10,16,22H,5,8,11-12H2,1H3/t16-,17-/m0/s1. The highest BCUT2D eigenvalue weighted by Crippen LogP contribution is 2.27. The number of ether oxygens (including phenoxy) is 1. The van der Waals surface area contributed by atoms with Crippen LogP contribution >= 0.6 is 0 Å². The lowest BCUT2D eigenvalue weighted by atomic mass is 9.91. The minimum Gasteiger partial charge on any atom is -0.487 e. The van der Waals surface area contributed by atoms with Gasteiger partial charge in [-0.3, -0.25) is 14.9 Å². The van der Waals surface area contributed by atoms with E-state index in [2.05, 4.69) is 14.9 Å². The van der Waals surface area contributed by atoms with E-state index >= 15 is 0 Å². The third-order valence-electron chi connectivity index (χ3n) is 4.02. The van der Waals surface area contributed by atoms with E-state index in [0.717, 1.165) is 12.2 Å². The van der Waals surface area contributed by atoms with E-state index in [1.54, 1.807) is 37.6 Å². The number of hydrogen-bond donors (Lipinski definition) is 1. The predicted molar refractivity (Wildman–Crippen MR) is 83.4 cm³/mol. The quantitative estimate of drug-likeness (QED) is 0.935. The van der Waals surface area contributed by atoms with Crippen molar-refractivity contribution in [2.45, 2.75) is 31.6 Å². The van der Waals surface area contributed by atoms with Crippen LogP contribution in [0.1, 0.15) is 19.0 Å². The Bertz CT molecular complexity index is 651. The lowest BCUT2D eigenvalue weighted by Gasteiger charge is -2.42. The summed E-state index contributed by atoms with van der Waals surface area (Å²) in [5.41, 5.74) is -0.153. The molecule has 1 aliphatic rings. The second-order valence-electron chi connectivity index (χ2n) is 6.12. The first-order valence-electron chi connectivity index (χ1n) is 7.65. The molecular weight excluding hydrogens is 297 g/mol. The van der Waals surface area contributed by atoms with Gasteiger partial charge in [-0.2, -0.15) is 0 Å². The van der Waals surface area contributed by atoms with Gasteiger partial charge in [-0.05, 0) is 25.5 Å². The third-order valence-corrected chi connectivity index (χ3v) is 4.02. The number of hydrogen-bond acceptors (Lipinski definition) is 5. The SMILES string of the molecule is C[C@]1(O)CN(Cc2cnccn2)CC[C@@H]1Oc1cccc(F)c1. The van der Waals surface area contributed by atoms with Crippen LogP contribution in [0.15, 0.2) is 42.9 Å². The lowest BCUT2D eigenvalue weighted by molar-refractivity contribution is -0.0995. The Balaban J connectivity index is 1.63. The third kappa shape index (κ3) is 4.03. The number of piperidine rings is 1. The normalized spacial score (nSPS) is 25.3. The van der Waals surface area contributed by atoms with Crippen LogP contribution < -0.4 is 4.74 Å². The highest BCUT2D eigenvalue weighted by molar-refractivity contribution is 5.23. The second kappa shape index (κ2) is 6.60. The zero-order valence-electron chi connectivity index (χ0n) is 13.0. The Hall–Kier alpha value is -2.05. The van der Waals surface area contributed by atoms with Gasteiger partial charge in [0.25, 0.3) is 0 Å². The maximum absolute atomic E-state index is 13.3. The molecule has 0 aliphatic carbocycles. The molecular formula is C17H20FN3O2. The molecule has 1 N–H and O–H groups in total. The first-order valence-corrected chi connectivity index (χ1v) is 7.65. The smallest absolute Gasteiger partial charge is 0.129 e. The van der Waals surface area contributed by atoms with Crippen molar-refractivity contribution in [2.75, 3.05) is 13.1 Å². The van der Waals surface area contributed by atoms with Crippen molar-refractivity contribution in [2.24, 2.45) is 0 Å². The molecule has 2 heterocycles. The topological polar surface area (TPSA) is 58.5 Å². The van der Waals surface area contributed by atoms with Crippen LogP contribution in [-0.2, 0) is 6.54 Å². The number of rotatable bonds is 4. The molecule has 5 nitrogen and oxygen atoms in total. The van der Waals surface area contributed by atoms with Gasteiger partial charge in [-0.25, -0.2) is 4.39 Å². The number of β-amino-alcohol motifs (C(OH)–C–C–N with tert-alkyl or cyclic N) is 1. The largest absolute Gasteiger partial charge is 0.487 e. The first-order chi connectivity index (χ1) is 11.0. The number of benzene rings is 1. The van der Waals surface area contributed by atoms with E-state index in [1.165, 1.54) is 12.1 Å². The van der Waals surface area contributed by atoms with Crippen molar-refractivity contribution in [3.05, 3.63) is 54.4 Å². The van der Waals surface area contributed by atoms with Crippen molar-refractivity contribution in [1.82, 2.24) is 14.9 Å². The number of aromatic nitrogens is 2. The summed E-state index contributed by atoms with van der Waals surface area (Å²) in [5, 5.41) is 10.7. The molecule has 1 aromatic heterocycles. The molecule has 1 saturated heterocycles. The molecule has 2 atom stereocenters. The van der Waals surface area contributed by atoms with Crippen LogP contribution in [0.5, 0.6) is 5.75 Å². The average Bonchev–Trinajstić information content (AvgIpc) is 2.51. The second-order valence-corrected chi connectivity index (χ2v) is 6.12. The van der Waals surface area contributed by atoms with Crippen LogP contribution in [0, 0.1) is 5.82 Å². The van der Waals surface area contributed by atoms with E-state index in [1.807, 2.05) is 0 Å². The highest BCUT2D eigenvalue weighted by Gasteiger charge is 2.39. The maximum Gasteiger partial charge on any atom is 0.129 e. The molecule has 0 radical (unpaired) electrons. The van der Waals surface area contributed by atoms with Gasteiger partial charge in [0.1, 0.15) is 23.3 Å². The van der Waals surface area contributed by atoms with Crippen molar-refractivity contribution in [1.29, 1.82) is 0 Å². The number of halogens is 1. The van der Waals surface area contributed by atoms with Crippen LogP contribution in [0.4, 0.5) is 4.39 Å². The summed E-state index contributed by atoms with van der Waals surface area (Å²) in [6.07, 6.45) is 5.31. The Kier molecular flexibility index (Phi) is 4.54. The number of nitrogens with zero attached hydrogens (tertiary/aromatic N) is 3. The number of likely N-dealkylation sites (tertiary alicyclic amines) is 1. The van der Waals surface area contributed by atoms with E-state index in [4.69, 9.17) is 4.74 Å². The first kappa shape index (κ1) is 15.8. The summed E-state index contributed by atoms with van der Waals surface area (Å²) in [6.45, 7) is 3.62. The van der Waals surface area contributed by atoms with E-state index in [9.17, 15) is 9.50 Å². The molecule has 2 aromatic rings. The zero-order valence-corrected chi connectivity index (χ0v) is 13.0. The molecule has 1 aromatic carbocycles. The molecule has 23 heavy (non-hydrogen) atoms. The summed E-state index contributed by atoms with van der Waals surface area (Å²) in [7, 11) is 0. The Labute approximate surface area is 134 Å². The molecule has 6 heteroatoms. The molecule has 3 rings (SSSR count). The van der Waals surface area contributed by atoms with Crippen molar-refractivity contribution in [3.8, 4) is 5.75 Å². The summed E-state index contributed by atoms with van der Waals surface area (Å²) in [6, 6.07) is 6.00. The van der Waals surface area contributed by atoms with Gasteiger partial charge in [0.05, 0.1) is 5.69 Å². The van der Waals surface area contributed by atoms with Crippen LogP contribution in [0.25, 0.3) is 0 Å². The van der Waals surface area contributed by atoms with Gasteiger partial charge in [-0.15, -0.1) is 0 Å². The average molecular weight is 317 g/mol. The summed E-state index contributed by atoms with van der Waals surface area (Å²) in [5.74, 6) is 0.0971. The molecule has 0 amide bonds. The summed E-state index contributed by atoms with van der Waals surface area (Å²) < 4.78 is 19.1. The van der Waals surface area contributed by atoms with E-state index < -0.39 is 5.60 Å². The van der Waals surface area contributed by atoms with Gasteiger partial charge >= 0.3 is 0 Å². The number of aliphatic hydroxyl groups is 1. The summed E-state index contributed by atoms with van der Waals surface area (Å²) in [4.78, 5) is 10.4. The molecule has 0 saturated carbocycles. The predicted octanol–water partition coefficient (Wildman–Crippen LogP) is 2.02.